The van der Waals surface area contributed by atoms with E-state index in [2.05, 4.69) is 30.8 Å². The number of esters is 1. The summed E-state index contributed by atoms with van der Waals surface area (Å²) in [6.45, 7) is 6.32. The number of carbonyl (C=O) groups is 1. The molecule has 0 heterocycles. The van der Waals surface area contributed by atoms with E-state index in [4.69, 9.17) is 11.6 Å². The van der Waals surface area contributed by atoms with Gasteiger partial charge in [-0.25, -0.2) is 4.79 Å². The highest BCUT2D eigenvalue weighted by Gasteiger charge is 2.12. The maximum atomic E-state index is 11.4. The highest BCUT2D eigenvalue weighted by molar-refractivity contribution is 6.33. The number of carbonyl (C=O) groups excluding carboxylic acids is 1. The van der Waals surface area contributed by atoms with Crippen molar-refractivity contribution in [3.8, 4) is 0 Å². The van der Waals surface area contributed by atoms with Gasteiger partial charge in [0.05, 0.1) is 23.4 Å². The van der Waals surface area contributed by atoms with Crippen LogP contribution in [0.1, 0.15) is 31.1 Å². The Morgan fingerprint density at radius 3 is 2.53 bits per heavy atom. The Balaban J connectivity index is 2.94. The van der Waals surface area contributed by atoms with Crippen LogP contribution in [0.15, 0.2) is 18.2 Å². The lowest BCUT2D eigenvalue weighted by molar-refractivity contribution is 0.0601. The molecule has 1 unspecified atom stereocenters. The van der Waals surface area contributed by atoms with Crippen LogP contribution < -0.4 is 5.32 Å². The summed E-state index contributed by atoms with van der Waals surface area (Å²) in [7, 11) is 1.36. The van der Waals surface area contributed by atoms with Crippen molar-refractivity contribution >= 4 is 23.3 Å². The predicted octanol–water partition coefficient (Wildman–Crippen LogP) is 3.58. The number of rotatable bonds is 4. The molecule has 1 atom stereocenters. The van der Waals surface area contributed by atoms with E-state index < -0.39 is 0 Å². The zero-order chi connectivity index (χ0) is 13.0. The summed E-state index contributed by atoms with van der Waals surface area (Å²) in [6.07, 6.45) is 0. The molecule has 0 amide bonds. The van der Waals surface area contributed by atoms with Crippen LogP contribution in [-0.4, -0.2) is 19.1 Å². The van der Waals surface area contributed by atoms with E-state index >= 15 is 0 Å². The topological polar surface area (TPSA) is 38.3 Å². The van der Waals surface area contributed by atoms with Crippen LogP contribution in [-0.2, 0) is 4.74 Å². The van der Waals surface area contributed by atoms with E-state index in [1.54, 1.807) is 18.2 Å². The number of nitrogens with one attached hydrogen (secondary N) is 1. The van der Waals surface area contributed by atoms with Gasteiger partial charge < -0.3 is 10.1 Å². The van der Waals surface area contributed by atoms with Crippen molar-refractivity contribution in [3.63, 3.8) is 0 Å². The third kappa shape index (κ3) is 3.63. The second-order valence-electron chi connectivity index (χ2n) is 4.36. The summed E-state index contributed by atoms with van der Waals surface area (Å²) in [5.41, 5.74) is 1.26. The normalized spacial score (nSPS) is 12.4. The first-order valence-corrected chi connectivity index (χ1v) is 5.98. The molecular formula is C13H18ClNO2. The fourth-order valence-corrected chi connectivity index (χ4v) is 1.46. The molecule has 0 saturated carbocycles. The van der Waals surface area contributed by atoms with Gasteiger partial charge >= 0.3 is 5.97 Å². The first-order chi connectivity index (χ1) is 7.95. The summed E-state index contributed by atoms with van der Waals surface area (Å²) >= 11 is 6.08. The quantitative estimate of drug-likeness (QED) is 0.836. The number of halogens is 1. The Morgan fingerprint density at radius 2 is 2.00 bits per heavy atom. The Morgan fingerprint density at radius 1 is 1.35 bits per heavy atom. The van der Waals surface area contributed by atoms with Crippen molar-refractivity contribution in [2.45, 2.75) is 26.8 Å². The van der Waals surface area contributed by atoms with E-state index in [1.807, 2.05) is 0 Å². The van der Waals surface area contributed by atoms with Crippen LogP contribution in [0.5, 0.6) is 0 Å². The average molecular weight is 256 g/mol. The van der Waals surface area contributed by atoms with Gasteiger partial charge in [0, 0.05) is 6.04 Å². The standard InChI is InChI=1S/C13H18ClNO2/c1-8(2)9(3)15-12-7-10(13(16)17-4)5-6-11(12)14/h5-9,15H,1-4H3. The molecule has 94 valence electrons. The van der Waals surface area contributed by atoms with Gasteiger partial charge in [-0.1, -0.05) is 25.4 Å². The molecule has 0 aliphatic carbocycles. The van der Waals surface area contributed by atoms with Crippen molar-refractivity contribution in [2.24, 2.45) is 5.92 Å². The van der Waals surface area contributed by atoms with Gasteiger partial charge in [-0.15, -0.1) is 0 Å². The van der Waals surface area contributed by atoms with Crippen molar-refractivity contribution in [1.82, 2.24) is 0 Å². The van der Waals surface area contributed by atoms with E-state index in [1.165, 1.54) is 7.11 Å². The molecule has 17 heavy (non-hydrogen) atoms. The van der Waals surface area contributed by atoms with Gasteiger partial charge in [-0.3, -0.25) is 0 Å². The molecule has 1 aromatic carbocycles. The molecule has 0 aliphatic rings. The lowest BCUT2D eigenvalue weighted by atomic mass is 10.1. The molecule has 0 radical (unpaired) electrons. The lowest BCUT2D eigenvalue weighted by Gasteiger charge is -2.20. The second kappa shape index (κ2) is 5.92. The Labute approximate surface area is 107 Å². The summed E-state index contributed by atoms with van der Waals surface area (Å²) in [4.78, 5) is 11.4. The minimum Gasteiger partial charge on any atom is -0.465 e. The zero-order valence-electron chi connectivity index (χ0n) is 10.6. The van der Waals surface area contributed by atoms with E-state index in [0.717, 1.165) is 5.69 Å². The maximum absolute atomic E-state index is 11.4. The highest BCUT2D eigenvalue weighted by Crippen LogP contribution is 2.25. The van der Waals surface area contributed by atoms with Crippen LogP contribution in [0.2, 0.25) is 5.02 Å². The van der Waals surface area contributed by atoms with Crippen molar-refractivity contribution in [3.05, 3.63) is 28.8 Å². The Kier molecular flexibility index (Phi) is 4.82. The Hall–Kier alpha value is -1.22. The minimum absolute atomic E-state index is 0.278. The van der Waals surface area contributed by atoms with Gasteiger partial charge in [0.25, 0.3) is 0 Å². The molecule has 0 saturated heterocycles. The molecule has 4 heteroatoms. The highest BCUT2D eigenvalue weighted by atomic mass is 35.5. The molecule has 1 rings (SSSR count). The molecule has 0 aliphatic heterocycles. The lowest BCUT2D eigenvalue weighted by Crippen LogP contribution is -2.21. The number of anilines is 1. The smallest absolute Gasteiger partial charge is 0.337 e. The number of benzene rings is 1. The molecule has 3 nitrogen and oxygen atoms in total. The van der Waals surface area contributed by atoms with Gasteiger partial charge in [0.2, 0.25) is 0 Å². The minimum atomic E-state index is -0.359. The average Bonchev–Trinajstić information content (AvgIpc) is 2.30. The van der Waals surface area contributed by atoms with Crippen molar-refractivity contribution in [2.75, 3.05) is 12.4 Å². The number of hydrogen-bond acceptors (Lipinski definition) is 3. The second-order valence-corrected chi connectivity index (χ2v) is 4.77. The first kappa shape index (κ1) is 13.8. The van der Waals surface area contributed by atoms with Gasteiger partial charge in [-0.2, -0.15) is 0 Å². The number of hydrogen-bond donors (Lipinski definition) is 1. The SMILES string of the molecule is COC(=O)c1ccc(Cl)c(NC(C)C(C)C)c1. The van der Waals surface area contributed by atoms with E-state index in [-0.39, 0.29) is 12.0 Å². The zero-order valence-corrected chi connectivity index (χ0v) is 11.3. The van der Waals surface area contributed by atoms with Crippen LogP contribution in [0.4, 0.5) is 5.69 Å². The van der Waals surface area contributed by atoms with Gasteiger partial charge in [0.15, 0.2) is 0 Å². The van der Waals surface area contributed by atoms with Crippen LogP contribution in [0, 0.1) is 5.92 Å². The van der Waals surface area contributed by atoms with E-state index in [9.17, 15) is 4.79 Å². The van der Waals surface area contributed by atoms with Gasteiger partial charge in [0.1, 0.15) is 0 Å². The predicted molar refractivity (Wildman–Crippen MR) is 70.7 cm³/mol. The number of ether oxygens (including phenoxy) is 1. The Bertz CT molecular complexity index is 404. The summed E-state index contributed by atoms with van der Waals surface area (Å²) < 4.78 is 4.67. The van der Waals surface area contributed by atoms with Gasteiger partial charge in [-0.05, 0) is 31.0 Å². The molecule has 0 aromatic heterocycles. The van der Waals surface area contributed by atoms with Crippen LogP contribution in [0.3, 0.4) is 0 Å². The molecule has 1 N–H and O–H groups in total. The fraction of sp³-hybridized carbons (Fsp3) is 0.462. The number of methoxy groups -OCH3 is 1. The summed E-state index contributed by atoms with van der Waals surface area (Å²) in [6, 6.07) is 5.34. The van der Waals surface area contributed by atoms with Crippen molar-refractivity contribution in [1.29, 1.82) is 0 Å². The monoisotopic (exact) mass is 255 g/mol. The fourth-order valence-electron chi connectivity index (χ4n) is 1.29. The molecule has 1 aromatic rings. The van der Waals surface area contributed by atoms with Crippen LogP contribution in [0.25, 0.3) is 0 Å². The maximum Gasteiger partial charge on any atom is 0.337 e. The molecule has 0 bridgehead atoms. The van der Waals surface area contributed by atoms with E-state index in [0.29, 0.717) is 16.5 Å². The van der Waals surface area contributed by atoms with Crippen LogP contribution >= 0.6 is 11.6 Å². The molecule has 0 fully saturated rings. The van der Waals surface area contributed by atoms with Crippen molar-refractivity contribution < 1.29 is 9.53 Å². The first-order valence-electron chi connectivity index (χ1n) is 5.60. The molecule has 0 spiro atoms. The third-order valence-corrected chi connectivity index (χ3v) is 3.10. The molecular weight excluding hydrogens is 238 g/mol. The summed E-state index contributed by atoms with van der Waals surface area (Å²) in [5.74, 6) is 0.120. The largest absolute Gasteiger partial charge is 0.465 e. The third-order valence-electron chi connectivity index (χ3n) is 2.77. The summed E-state index contributed by atoms with van der Waals surface area (Å²) in [5, 5.41) is 3.89.